The maximum absolute atomic E-state index is 6.36. The van der Waals surface area contributed by atoms with Gasteiger partial charge in [0.2, 0.25) is 5.89 Å². The third kappa shape index (κ3) is 5.45. The van der Waals surface area contributed by atoms with E-state index in [1.54, 1.807) is 0 Å². The second-order valence-electron chi connectivity index (χ2n) is 13.2. The maximum Gasteiger partial charge on any atom is 0.228 e. The first kappa shape index (κ1) is 30.6. The molecule has 0 atom stereocenters. The summed E-state index contributed by atoms with van der Waals surface area (Å²) in [5.74, 6) is 0.617. The maximum atomic E-state index is 6.36. The summed E-state index contributed by atoms with van der Waals surface area (Å²) in [6, 6.07) is 70.5. The Kier molecular flexibility index (Phi) is 7.43. The lowest BCUT2D eigenvalue weighted by Gasteiger charge is -2.26. The van der Waals surface area contributed by atoms with E-state index in [1.807, 2.05) is 24.3 Å². The number of benzene rings is 8. The van der Waals surface area contributed by atoms with Crippen LogP contribution < -0.4 is 4.90 Å². The molecule has 10 aromatic rings. The Morgan fingerprint density at radius 2 is 0.981 bits per heavy atom. The number of hydrogen-bond acceptors (Lipinski definition) is 3. The number of nitrogens with zero attached hydrogens (tertiary/aromatic N) is 3. The fraction of sp³-hybridized carbons (Fsp3) is 0. The minimum absolute atomic E-state index is 0.617. The molecule has 8 aromatic carbocycles. The van der Waals surface area contributed by atoms with Crippen LogP contribution in [0.2, 0.25) is 0 Å². The molecule has 0 aliphatic carbocycles. The number of rotatable bonds is 7. The molecule has 0 saturated carbocycles. The SMILES string of the molecule is c1ccc(-c2ccc(N(c3ccc(-c4ccccc4)cc3)c3ccc4c5c(-c6nc7ccccc7o6)cccc5n(-c5ccccc5)c4c3)cc2)cc1. The Labute approximate surface area is 307 Å². The molecule has 0 N–H and O–H groups in total. The number of oxazole rings is 1. The molecule has 0 saturated heterocycles. The molecule has 0 radical (unpaired) electrons. The third-order valence-corrected chi connectivity index (χ3v) is 10.0. The first-order chi connectivity index (χ1) is 26.3. The molecular formula is C49H33N3O. The van der Waals surface area contributed by atoms with Gasteiger partial charge in [0.15, 0.2) is 5.58 Å². The van der Waals surface area contributed by atoms with Gasteiger partial charge in [0, 0.05) is 39.1 Å². The van der Waals surface area contributed by atoms with Crippen molar-refractivity contribution in [2.75, 3.05) is 4.90 Å². The third-order valence-electron chi connectivity index (χ3n) is 10.0. The van der Waals surface area contributed by atoms with Gasteiger partial charge in [-0.2, -0.15) is 0 Å². The van der Waals surface area contributed by atoms with Crippen LogP contribution in [0.25, 0.3) is 72.3 Å². The van der Waals surface area contributed by atoms with Crippen molar-refractivity contribution in [3.63, 3.8) is 0 Å². The lowest BCUT2D eigenvalue weighted by atomic mass is 10.0. The van der Waals surface area contributed by atoms with Crippen LogP contribution in [0, 0.1) is 0 Å². The van der Waals surface area contributed by atoms with Crippen molar-refractivity contribution >= 4 is 50.0 Å². The molecule has 10 rings (SSSR count). The summed E-state index contributed by atoms with van der Waals surface area (Å²) >= 11 is 0. The average molecular weight is 680 g/mol. The fourth-order valence-corrected chi connectivity index (χ4v) is 7.53. The van der Waals surface area contributed by atoms with Gasteiger partial charge in [0.25, 0.3) is 0 Å². The summed E-state index contributed by atoms with van der Waals surface area (Å²) in [6.45, 7) is 0. The zero-order valence-corrected chi connectivity index (χ0v) is 28.8. The zero-order valence-electron chi connectivity index (χ0n) is 28.8. The van der Waals surface area contributed by atoms with Crippen LogP contribution in [0.5, 0.6) is 0 Å². The van der Waals surface area contributed by atoms with Gasteiger partial charge in [0.05, 0.1) is 11.0 Å². The molecule has 0 aliphatic heterocycles. The molecule has 0 bridgehead atoms. The Morgan fingerprint density at radius 1 is 0.434 bits per heavy atom. The van der Waals surface area contributed by atoms with E-state index >= 15 is 0 Å². The first-order valence-electron chi connectivity index (χ1n) is 17.9. The van der Waals surface area contributed by atoms with Crippen LogP contribution in [0.3, 0.4) is 0 Å². The minimum Gasteiger partial charge on any atom is -0.436 e. The van der Waals surface area contributed by atoms with Gasteiger partial charge < -0.3 is 13.9 Å². The van der Waals surface area contributed by atoms with E-state index < -0.39 is 0 Å². The minimum atomic E-state index is 0.617. The Hall–Kier alpha value is -7.17. The van der Waals surface area contributed by atoms with Crippen LogP contribution in [0.4, 0.5) is 17.1 Å². The van der Waals surface area contributed by atoms with Crippen molar-refractivity contribution in [1.29, 1.82) is 0 Å². The van der Waals surface area contributed by atoms with E-state index in [4.69, 9.17) is 9.40 Å². The van der Waals surface area contributed by atoms with Gasteiger partial charge in [-0.15, -0.1) is 0 Å². The van der Waals surface area contributed by atoms with E-state index in [9.17, 15) is 0 Å². The normalized spacial score (nSPS) is 11.4. The van der Waals surface area contributed by atoms with Gasteiger partial charge in [-0.1, -0.05) is 127 Å². The molecule has 0 unspecified atom stereocenters. The summed E-state index contributed by atoms with van der Waals surface area (Å²) in [7, 11) is 0. The first-order valence-corrected chi connectivity index (χ1v) is 17.9. The van der Waals surface area contributed by atoms with Gasteiger partial charge in [-0.25, -0.2) is 4.98 Å². The van der Waals surface area contributed by atoms with Crippen molar-refractivity contribution in [2.24, 2.45) is 0 Å². The molecule has 250 valence electrons. The predicted octanol–water partition coefficient (Wildman–Crippen LogP) is 13.4. The predicted molar refractivity (Wildman–Crippen MR) is 219 cm³/mol. The summed E-state index contributed by atoms with van der Waals surface area (Å²) in [5.41, 5.74) is 13.8. The van der Waals surface area contributed by atoms with Crippen molar-refractivity contribution in [3.05, 3.63) is 200 Å². The van der Waals surface area contributed by atoms with Gasteiger partial charge in [-0.3, -0.25) is 0 Å². The number of fused-ring (bicyclic) bond motifs is 4. The van der Waals surface area contributed by atoms with E-state index in [2.05, 4.69) is 185 Å². The lowest BCUT2D eigenvalue weighted by Crippen LogP contribution is -2.10. The monoisotopic (exact) mass is 679 g/mol. The zero-order chi connectivity index (χ0) is 35.1. The Bertz CT molecular complexity index is 2740. The standard InChI is InChI=1S/C49H33N3O/c1-4-13-34(14-5-1)36-23-27-39(28-24-36)51(40-29-25-37(26-30-40)35-15-6-2-7-16-35)41-31-32-42-46(33-41)52(38-17-8-3-9-18-38)45-21-12-19-43(48(42)45)49-50-44-20-10-11-22-47(44)53-49/h1-33H. The summed E-state index contributed by atoms with van der Waals surface area (Å²) in [5, 5.41) is 2.24. The molecule has 0 amide bonds. The average Bonchev–Trinajstić information content (AvgIpc) is 3.82. The largest absolute Gasteiger partial charge is 0.436 e. The topological polar surface area (TPSA) is 34.2 Å². The summed E-state index contributed by atoms with van der Waals surface area (Å²) < 4.78 is 8.71. The second kappa shape index (κ2) is 12.9. The summed E-state index contributed by atoms with van der Waals surface area (Å²) in [4.78, 5) is 7.27. The number of hydrogen-bond donors (Lipinski definition) is 0. The molecule has 53 heavy (non-hydrogen) atoms. The molecule has 4 heteroatoms. The molecule has 4 nitrogen and oxygen atoms in total. The van der Waals surface area contributed by atoms with E-state index in [0.29, 0.717) is 5.89 Å². The number of anilines is 3. The van der Waals surface area contributed by atoms with Crippen molar-refractivity contribution in [3.8, 4) is 39.4 Å². The van der Waals surface area contributed by atoms with Crippen molar-refractivity contribution in [1.82, 2.24) is 9.55 Å². The highest BCUT2D eigenvalue weighted by molar-refractivity contribution is 6.16. The highest BCUT2D eigenvalue weighted by atomic mass is 16.3. The van der Waals surface area contributed by atoms with Crippen LogP contribution in [-0.2, 0) is 0 Å². The van der Waals surface area contributed by atoms with Crippen LogP contribution in [-0.4, -0.2) is 9.55 Å². The van der Waals surface area contributed by atoms with Gasteiger partial charge >= 0.3 is 0 Å². The molecule has 0 aliphatic rings. The van der Waals surface area contributed by atoms with Crippen LogP contribution in [0.1, 0.15) is 0 Å². The van der Waals surface area contributed by atoms with Gasteiger partial charge in [0.1, 0.15) is 5.52 Å². The molecule has 0 fully saturated rings. The van der Waals surface area contributed by atoms with Crippen LogP contribution >= 0.6 is 0 Å². The second-order valence-corrected chi connectivity index (χ2v) is 13.2. The molecular weight excluding hydrogens is 647 g/mol. The van der Waals surface area contributed by atoms with Crippen molar-refractivity contribution < 1.29 is 4.42 Å². The quantitative estimate of drug-likeness (QED) is 0.168. The Morgan fingerprint density at radius 3 is 1.60 bits per heavy atom. The fourth-order valence-electron chi connectivity index (χ4n) is 7.53. The van der Waals surface area contributed by atoms with E-state index in [1.165, 1.54) is 22.3 Å². The number of para-hydroxylation sites is 3. The summed E-state index contributed by atoms with van der Waals surface area (Å²) in [6.07, 6.45) is 0. The van der Waals surface area contributed by atoms with Gasteiger partial charge in [-0.05, 0) is 95.1 Å². The Balaban J connectivity index is 1.18. The van der Waals surface area contributed by atoms with E-state index in [-0.39, 0.29) is 0 Å². The molecule has 2 aromatic heterocycles. The lowest BCUT2D eigenvalue weighted by molar-refractivity contribution is 0.620. The molecule has 2 heterocycles. The van der Waals surface area contributed by atoms with E-state index in [0.717, 1.165) is 61.2 Å². The molecule has 0 spiro atoms. The highest BCUT2D eigenvalue weighted by Gasteiger charge is 2.21. The number of aromatic nitrogens is 2. The smallest absolute Gasteiger partial charge is 0.228 e. The van der Waals surface area contributed by atoms with Crippen LogP contribution in [0.15, 0.2) is 205 Å². The van der Waals surface area contributed by atoms with Crippen molar-refractivity contribution in [2.45, 2.75) is 0 Å². The highest BCUT2D eigenvalue weighted by Crippen LogP contribution is 2.43.